The highest BCUT2D eigenvalue weighted by Gasteiger charge is 2.24. The van der Waals surface area contributed by atoms with Crippen molar-refractivity contribution in [2.45, 2.75) is 44.3 Å². The zero-order chi connectivity index (χ0) is 28.8. The lowest BCUT2D eigenvalue weighted by molar-refractivity contribution is -0.139. The maximum absolute atomic E-state index is 12.1. The highest BCUT2D eigenvalue weighted by Crippen LogP contribution is 2.34. The second-order valence-electron chi connectivity index (χ2n) is 10.3. The summed E-state index contributed by atoms with van der Waals surface area (Å²) in [5, 5.41) is 31.9. The van der Waals surface area contributed by atoms with E-state index >= 15 is 0 Å². The SMILES string of the molecule is O=C(O)CN1CCN(CC(O)CNC(=O)OC2CCCCC2)CCN(CC(=O)O)CCN(CP(=O)(O)O)CC1. The summed E-state index contributed by atoms with van der Waals surface area (Å²) in [4.78, 5) is 60.6. The Balaban J connectivity index is 2.00. The van der Waals surface area contributed by atoms with Crippen LogP contribution in [0.1, 0.15) is 32.1 Å². The van der Waals surface area contributed by atoms with E-state index in [4.69, 9.17) is 4.74 Å². The number of carbonyl (C=O) groups excluding carboxylic acids is 1. The molecule has 0 aromatic carbocycles. The van der Waals surface area contributed by atoms with Gasteiger partial charge in [0.15, 0.2) is 0 Å². The number of carbonyl (C=O) groups is 3. The van der Waals surface area contributed by atoms with E-state index in [9.17, 15) is 44.1 Å². The number of amides is 1. The molecule has 0 aromatic heterocycles. The highest BCUT2D eigenvalue weighted by molar-refractivity contribution is 7.51. The monoisotopic (exact) mass is 581 g/mol. The molecule has 1 aliphatic carbocycles. The van der Waals surface area contributed by atoms with Gasteiger partial charge >= 0.3 is 25.6 Å². The van der Waals surface area contributed by atoms with Crippen molar-refractivity contribution in [1.82, 2.24) is 24.9 Å². The molecule has 0 spiro atoms. The fourth-order valence-electron chi connectivity index (χ4n) is 4.80. The van der Waals surface area contributed by atoms with Crippen LogP contribution in [0.3, 0.4) is 0 Å². The lowest BCUT2D eigenvalue weighted by Crippen LogP contribution is -2.49. The minimum absolute atomic E-state index is 0.0307. The van der Waals surface area contributed by atoms with Gasteiger partial charge in [-0.25, -0.2) is 4.79 Å². The third-order valence-electron chi connectivity index (χ3n) is 6.81. The molecule has 1 unspecified atom stereocenters. The lowest BCUT2D eigenvalue weighted by Gasteiger charge is -2.34. The first-order valence-corrected chi connectivity index (χ1v) is 15.2. The third-order valence-corrected chi connectivity index (χ3v) is 7.58. The maximum atomic E-state index is 12.1. The molecule has 16 heteroatoms. The van der Waals surface area contributed by atoms with Crippen LogP contribution in [0.4, 0.5) is 4.79 Å². The van der Waals surface area contributed by atoms with Gasteiger partial charge in [-0.1, -0.05) is 6.42 Å². The van der Waals surface area contributed by atoms with Crippen LogP contribution in [0.25, 0.3) is 0 Å². The third kappa shape index (κ3) is 15.5. The van der Waals surface area contributed by atoms with Crippen molar-refractivity contribution in [2.75, 3.05) is 84.8 Å². The Morgan fingerprint density at radius 1 is 0.795 bits per heavy atom. The van der Waals surface area contributed by atoms with Gasteiger partial charge in [0.25, 0.3) is 0 Å². The van der Waals surface area contributed by atoms with Crippen LogP contribution < -0.4 is 5.32 Å². The molecule has 1 amide bonds. The zero-order valence-electron chi connectivity index (χ0n) is 22.4. The van der Waals surface area contributed by atoms with Crippen LogP contribution in [0.2, 0.25) is 0 Å². The van der Waals surface area contributed by atoms with Gasteiger partial charge in [-0.3, -0.25) is 33.8 Å². The molecular weight excluding hydrogens is 537 g/mol. The normalized spacial score (nSPS) is 21.4. The molecule has 39 heavy (non-hydrogen) atoms. The van der Waals surface area contributed by atoms with E-state index in [0.29, 0.717) is 26.2 Å². The van der Waals surface area contributed by atoms with E-state index in [0.717, 1.165) is 32.1 Å². The predicted molar refractivity (Wildman–Crippen MR) is 140 cm³/mol. The molecule has 2 rings (SSSR count). The van der Waals surface area contributed by atoms with Gasteiger partial charge in [-0.15, -0.1) is 0 Å². The fraction of sp³-hybridized carbons (Fsp3) is 0.870. The summed E-state index contributed by atoms with van der Waals surface area (Å²) >= 11 is 0. The average molecular weight is 582 g/mol. The van der Waals surface area contributed by atoms with E-state index in [1.54, 1.807) is 9.80 Å². The van der Waals surface area contributed by atoms with Gasteiger partial charge in [0, 0.05) is 65.4 Å². The van der Waals surface area contributed by atoms with Crippen LogP contribution in [0.5, 0.6) is 0 Å². The first-order valence-electron chi connectivity index (χ1n) is 13.4. The summed E-state index contributed by atoms with van der Waals surface area (Å²) in [6.45, 7) is 1.77. The van der Waals surface area contributed by atoms with Crippen LogP contribution in [-0.4, -0.2) is 160 Å². The zero-order valence-corrected chi connectivity index (χ0v) is 23.3. The van der Waals surface area contributed by atoms with Crippen molar-refractivity contribution in [1.29, 1.82) is 0 Å². The lowest BCUT2D eigenvalue weighted by atomic mass is 9.98. The number of nitrogens with zero attached hydrogens (tertiary/aromatic N) is 4. The summed E-state index contributed by atoms with van der Waals surface area (Å²) in [5.74, 6) is -2.08. The standard InChI is InChI=1S/C23H44N5O10P/c29-19(14-24-23(34)38-20-4-2-1-3-5-20)15-25-6-8-26(16-21(30)31)10-12-28(18-39(35,36)37)13-11-27(9-7-25)17-22(32)33/h19-20,29H,1-18H2,(H,24,34)(H,30,31)(H,32,33)(H2,35,36,37). The van der Waals surface area contributed by atoms with Gasteiger partial charge in [0.05, 0.1) is 19.2 Å². The van der Waals surface area contributed by atoms with E-state index in [-0.39, 0.29) is 58.5 Å². The summed E-state index contributed by atoms with van der Waals surface area (Å²) in [5.41, 5.74) is 0. The number of rotatable bonds is 11. The Morgan fingerprint density at radius 2 is 1.26 bits per heavy atom. The average Bonchev–Trinajstić information content (AvgIpc) is 2.83. The van der Waals surface area contributed by atoms with Crippen molar-refractivity contribution in [3.63, 3.8) is 0 Å². The van der Waals surface area contributed by atoms with E-state index in [1.165, 1.54) is 4.90 Å². The molecule has 1 atom stereocenters. The number of hydrogen-bond donors (Lipinski definition) is 6. The van der Waals surface area contributed by atoms with Crippen LogP contribution in [0.15, 0.2) is 0 Å². The molecule has 2 aliphatic rings. The minimum atomic E-state index is -4.38. The largest absolute Gasteiger partial charge is 0.480 e. The van der Waals surface area contributed by atoms with Crippen molar-refractivity contribution in [3.8, 4) is 0 Å². The second-order valence-corrected chi connectivity index (χ2v) is 11.9. The number of hydrogen-bond acceptors (Lipinski definition) is 10. The molecule has 1 saturated carbocycles. The van der Waals surface area contributed by atoms with Crippen LogP contribution >= 0.6 is 7.60 Å². The minimum Gasteiger partial charge on any atom is -0.480 e. The summed E-state index contributed by atoms with van der Waals surface area (Å²) in [6.07, 6.45) is 2.72. The van der Waals surface area contributed by atoms with Gasteiger partial charge in [0.1, 0.15) is 12.4 Å². The van der Waals surface area contributed by atoms with Crippen molar-refractivity contribution in [2.24, 2.45) is 0 Å². The number of aliphatic hydroxyl groups excluding tert-OH is 1. The van der Waals surface area contributed by atoms with Crippen molar-refractivity contribution in [3.05, 3.63) is 0 Å². The number of β-amino-alcohol motifs (C(OH)–C–C–N with tert-alkyl or cyclic N) is 1. The Labute approximate surface area is 228 Å². The number of alkyl carbamates (subject to hydrolysis) is 1. The van der Waals surface area contributed by atoms with E-state index in [1.807, 2.05) is 4.90 Å². The predicted octanol–water partition coefficient (Wildman–Crippen LogP) is -1.07. The highest BCUT2D eigenvalue weighted by atomic mass is 31.2. The quantitative estimate of drug-likeness (QED) is 0.161. The number of carboxylic acids is 2. The Kier molecular flexibility index (Phi) is 14.6. The number of aliphatic hydroxyl groups is 1. The number of nitrogens with one attached hydrogen (secondary N) is 1. The molecule has 1 saturated heterocycles. The molecular formula is C23H44N5O10P. The Bertz CT molecular complexity index is 793. The van der Waals surface area contributed by atoms with E-state index < -0.39 is 38.0 Å². The summed E-state index contributed by atoms with van der Waals surface area (Å²) < 4.78 is 17.0. The van der Waals surface area contributed by atoms with E-state index in [2.05, 4.69) is 5.32 Å². The second kappa shape index (κ2) is 17.1. The molecule has 0 bridgehead atoms. The van der Waals surface area contributed by atoms with Crippen LogP contribution in [0, 0.1) is 0 Å². The molecule has 226 valence electrons. The van der Waals surface area contributed by atoms with Gasteiger partial charge in [-0.2, -0.15) is 0 Å². The first kappa shape index (κ1) is 33.4. The Morgan fingerprint density at radius 3 is 1.72 bits per heavy atom. The topological polar surface area (TPSA) is 204 Å². The molecule has 0 aromatic rings. The molecule has 0 radical (unpaired) electrons. The van der Waals surface area contributed by atoms with Crippen molar-refractivity contribution < 1.29 is 48.8 Å². The molecule has 1 aliphatic heterocycles. The Hall–Kier alpha value is -1.84. The smallest absolute Gasteiger partial charge is 0.407 e. The summed E-state index contributed by atoms with van der Waals surface area (Å²) in [7, 11) is -4.38. The molecule has 1 heterocycles. The fourth-order valence-corrected chi connectivity index (χ4v) is 5.61. The van der Waals surface area contributed by atoms with Gasteiger partial charge in [0.2, 0.25) is 0 Å². The molecule has 2 fully saturated rings. The molecule has 15 nitrogen and oxygen atoms in total. The number of carboxylic acid groups (broad SMARTS) is 2. The number of aliphatic carboxylic acids is 2. The first-order chi connectivity index (χ1) is 18.4. The molecule has 6 N–H and O–H groups in total. The van der Waals surface area contributed by atoms with Gasteiger partial charge in [-0.05, 0) is 25.7 Å². The summed E-state index contributed by atoms with van der Waals surface area (Å²) in [6, 6.07) is 0. The van der Waals surface area contributed by atoms with Gasteiger partial charge < -0.3 is 35.2 Å². The number of ether oxygens (including phenoxy) is 1. The maximum Gasteiger partial charge on any atom is 0.407 e. The van der Waals surface area contributed by atoms with Crippen LogP contribution in [-0.2, 0) is 18.9 Å². The van der Waals surface area contributed by atoms with Crippen molar-refractivity contribution >= 4 is 25.6 Å².